The summed E-state index contributed by atoms with van der Waals surface area (Å²) in [4.78, 5) is 0. The summed E-state index contributed by atoms with van der Waals surface area (Å²) in [5, 5.41) is 2.79. The van der Waals surface area contributed by atoms with E-state index in [2.05, 4.69) is 27.7 Å². The van der Waals surface area contributed by atoms with E-state index in [1.807, 2.05) is 24.3 Å². The maximum atomic E-state index is 13.3. The average molecular weight is 599 g/mol. The zero-order valence-corrected chi connectivity index (χ0v) is 19.0. The van der Waals surface area contributed by atoms with Crippen LogP contribution in [-0.4, -0.2) is 31.0 Å². The highest BCUT2D eigenvalue weighted by Crippen LogP contribution is 2.45. The van der Waals surface area contributed by atoms with Crippen molar-refractivity contribution in [2.75, 3.05) is 6.61 Å². The first-order chi connectivity index (χ1) is 14.8. The zero-order chi connectivity index (χ0) is 24.2. The number of hydrazone groups is 1. The van der Waals surface area contributed by atoms with Crippen molar-refractivity contribution < 1.29 is 40.2 Å². The Bertz CT molecular complexity index is 954. The predicted molar refractivity (Wildman–Crippen MR) is 113 cm³/mol. The third-order valence-electron chi connectivity index (χ3n) is 3.80. The fourth-order valence-electron chi connectivity index (χ4n) is 2.24. The predicted octanol–water partition coefficient (Wildman–Crippen LogP) is 6.64. The molecule has 0 spiro atoms. The van der Waals surface area contributed by atoms with Gasteiger partial charge in [-0.25, -0.2) is 5.43 Å². The Morgan fingerprint density at radius 2 is 1.66 bits per heavy atom. The normalized spacial score (nSPS) is 12.8. The Balaban J connectivity index is 2.20. The zero-order valence-electron chi connectivity index (χ0n) is 16.1. The van der Waals surface area contributed by atoms with E-state index in [-0.39, 0.29) is 35.3 Å². The minimum Gasteiger partial charge on any atom is -0.490 e. The van der Waals surface area contributed by atoms with Crippen molar-refractivity contribution in [2.24, 2.45) is 5.10 Å². The molecular weight excluding hydrogens is 584 g/mol. The van der Waals surface area contributed by atoms with E-state index in [0.29, 0.717) is 11.6 Å². The van der Waals surface area contributed by atoms with Gasteiger partial charge < -0.3 is 9.47 Å². The van der Waals surface area contributed by atoms with Gasteiger partial charge in [-0.15, -0.1) is 0 Å². The summed E-state index contributed by atoms with van der Waals surface area (Å²) in [5.41, 5.74) is 1.35. The molecule has 0 atom stereocenters. The molecule has 13 heteroatoms. The van der Waals surface area contributed by atoms with Crippen LogP contribution in [0, 0.1) is 3.57 Å². The van der Waals surface area contributed by atoms with E-state index in [1.165, 1.54) is 12.1 Å². The van der Waals surface area contributed by atoms with Crippen LogP contribution in [0.3, 0.4) is 0 Å². The lowest BCUT2D eigenvalue weighted by molar-refractivity contribution is -0.361. The van der Waals surface area contributed by atoms with Gasteiger partial charge in [0.15, 0.2) is 11.5 Å². The van der Waals surface area contributed by atoms with E-state index in [1.54, 1.807) is 6.92 Å². The lowest BCUT2D eigenvalue weighted by Crippen LogP contribution is -2.58. The van der Waals surface area contributed by atoms with Crippen LogP contribution in [0.25, 0.3) is 0 Å². The fourth-order valence-corrected chi connectivity index (χ4v) is 2.87. The molecule has 0 heterocycles. The molecule has 2 rings (SSSR count). The molecule has 0 saturated heterocycles. The first-order valence-electron chi connectivity index (χ1n) is 8.74. The Kier molecular flexibility index (Phi) is 8.48. The Morgan fingerprint density at radius 1 is 1.03 bits per heavy atom. The van der Waals surface area contributed by atoms with E-state index in [9.17, 15) is 30.7 Å². The third-order valence-corrected chi connectivity index (χ3v) is 4.80. The number of nitrogens with one attached hydrogen (secondary N) is 1. The molecule has 176 valence electrons. The summed E-state index contributed by atoms with van der Waals surface area (Å²) >= 11 is 8.30. The second-order valence-electron chi connectivity index (χ2n) is 6.19. The topological polar surface area (TPSA) is 42.8 Å². The van der Waals surface area contributed by atoms with Crippen LogP contribution >= 0.6 is 34.2 Å². The van der Waals surface area contributed by atoms with Gasteiger partial charge >= 0.3 is 18.1 Å². The van der Waals surface area contributed by atoms with Crippen molar-refractivity contribution in [2.45, 2.75) is 31.7 Å². The summed E-state index contributed by atoms with van der Waals surface area (Å²) < 4.78 is 101. The molecule has 0 bridgehead atoms. The highest BCUT2D eigenvalue weighted by molar-refractivity contribution is 14.1. The molecule has 32 heavy (non-hydrogen) atoms. The first-order valence-corrected chi connectivity index (χ1v) is 10.2. The van der Waals surface area contributed by atoms with Crippen LogP contribution in [0.5, 0.6) is 11.5 Å². The molecular formula is C19H15ClF7IN2O2. The molecule has 0 aliphatic rings. The Labute approximate surface area is 196 Å². The molecule has 2 aromatic rings. The number of benzene rings is 2. The van der Waals surface area contributed by atoms with E-state index in [4.69, 9.17) is 21.1 Å². The monoisotopic (exact) mass is 598 g/mol. The molecule has 0 radical (unpaired) electrons. The van der Waals surface area contributed by atoms with Crippen molar-refractivity contribution in [1.29, 1.82) is 0 Å². The molecule has 0 saturated carbocycles. The summed E-state index contributed by atoms with van der Waals surface area (Å²) in [5.74, 6) is -6.11. The highest BCUT2D eigenvalue weighted by Gasteiger charge is 2.73. The number of halogens is 9. The van der Waals surface area contributed by atoms with Crippen molar-refractivity contribution in [3.05, 3.63) is 56.1 Å². The molecule has 4 nitrogen and oxygen atoms in total. The molecule has 1 N–H and O–H groups in total. The van der Waals surface area contributed by atoms with Gasteiger partial charge in [-0.05, 0) is 64.9 Å². The average Bonchev–Trinajstić information content (AvgIpc) is 2.68. The summed E-state index contributed by atoms with van der Waals surface area (Å²) in [6.45, 7) is 1.95. The SMILES string of the molecule is CCOc1cc(/C=N/NC(F)(F)C(F)(F)C(F)(F)F)cc(Cl)c1OCc1ccc(I)cc1. The molecule has 0 aliphatic heterocycles. The van der Waals surface area contributed by atoms with Crippen LogP contribution in [-0.2, 0) is 6.61 Å². The van der Waals surface area contributed by atoms with Gasteiger partial charge in [0.05, 0.1) is 17.8 Å². The lowest BCUT2D eigenvalue weighted by Gasteiger charge is -2.27. The number of alkyl halides is 7. The Morgan fingerprint density at radius 3 is 2.22 bits per heavy atom. The van der Waals surface area contributed by atoms with Crippen LogP contribution in [0.2, 0.25) is 5.02 Å². The maximum Gasteiger partial charge on any atom is 0.462 e. The van der Waals surface area contributed by atoms with Gasteiger partial charge in [0.2, 0.25) is 0 Å². The van der Waals surface area contributed by atoms with Crippen LogP contribution in [0.4, 0.5) is 30.7 Å². The maximum absolute atomic E-state index is 13.3. The minimum atomic E-state index is -6.47. The standard InChI is InChI=1S/C19H15ClF7IN2O2/c1-2-31-15-8-12(9-29-30-19(26,27)17(21,22)18(23,24)25)7-14(20)16(15)32-10-11-3-5-13(28)6-4-11/h3-9,30H,2,10H2,1H3/b29-9+. The number of nitrogens with zero attached hydrogens (tertiary/aromatic N) is 1. The largest absolute Gasteiger partial charge is 0.490 e. The molecule has 0 amide bonds. The third kappa shape index (κ3) is 6.30. The molecule has 2 aromatic carbocycles. The van der Waals surface area contributed by atoms with Crippen LogP contribution in [0.1, 0.15) is 18.1 Å². The number of hydrogen-bond acceptors (Lipinski definition) is 4. The summed E-state index contributed by atoms with van der Waals surface area (Å²) in [6.07, 6.45) is -5.88. The number of rotatable bonds is 9. The van der Waals surface area contributed by atoms with Gasteiger partial charge in [0.1, 0.15) is 6.61 Å². The van der Waals surface area contributed by atoms with Gasteiger partial charge in [-0.2, -0.15) is 35.8 Å². The van der Waals surface area contributed by atoms with E-state index in [0.717, 1.165) is 9.13 Å². The van der Waals surface area contributed by atoms with Crippen molar-refractivity contribution in [3.8, 4) is 11.5 Å². The first kappa shape index (κ1) is 26.3. The van der Waals surface area contributed by atoms with E-state index < -0.39 is 18.1 Å². The minimum absolute atomic E-state index is 0.0151. The van der Waals surface area contributed by atoms with Gasteiger partial charge in [0, 0.05) is 3.57 Å². The summed E-state index contributed by atoms with van der Waals surface area (Å²) in [6, 6.07) is 4.18. The molecule has 0 fully saturated rings. The number of hydrogen-bond donors (Lipinski definition) is 1. The van der Waals surface area contributed by atoms with Gasteiger partial charge in [-0.1, -0.05) is 23.7 Å². The van der Waals surface area contributed by atoms with E-state index >= 15 is 0 Å². The Hall–Kier alpha value is -1.96. The summed E-state index contributed by atoms with van der Waals surface area (Å²) in [7, 11) is 0. The number of ether oxygens (including phenoxy) is 2. The van der Waals surface area contributed by atoms with Crippen LogP contribution < -0.4 is 14.9 Å². The van der Waals surface area contributed by atoms with Gasteiger partial charge in [0.25, 0.3) is 0 Å². The van der Waals surface area contributed by atoms with Crippen LogP contribution in [0.15, 0.2) is 41.5 Å². The second-order valence-corrected chi connectivity index (χ2v) is 7.85. The molecule has 0 aromatic heterocycles. The second kappa shape index (κ2) is 10.3. The molecule has 0 aliphatic carbocycles. The van der Waals surface area contributed by atoms with Gasteiger partial charge in [-0.3, -0.25) is 0 Å². The molecule has 0 unspecified atom stereocenters. The highest BCUT2D eigenvalue weighted by atomic mass is 127. The van der Waals surface area contributed by atoms with Crippen molar-refractivity contribution >= 4 is 40.4 Å². The quantitative estimate of drug-likeness (QED) is 0.116. The van der Waals surface area contributed by atoms with Crippen molar-refractivity contribution in [3.63, 3.8) is 0 Å². The fraction of sp³-hybridized carbons (Fsp3) is 0.316. The van der Waals surface area contributed by atoms with Crippen molar-refractivity contribution in [1.82, 2.24) is 5.43 Å². The smallest absolute Gasteiger partial charge is 0.462 e. The lowest BCUT2D eigenvalue weighted by atomic mass is 10.2.